The third-order valence-corrected chi connectivity index (χ3v) is 14.6. The zero-order chi connectivity index (χ0) is 40.9. The molecule has 0 aliphatic carbocycles. The van der Waals surface area contributed by atoms with Crippen LogP contribution in [0.1, 0.15) is 0 Å². The van der Waals surface area contributed by atoms with Gasteiger partial charge in [0.25, 0.3) is 0 Å². The first kappa shape index (κ1) is 47.1. The average Bonchev–Trinajstić information content (AvgIpc) is 3.26. The van der Waals surface area contributed by atoms with Crippen LogP contribution in [0.15, 0.2) is 212 Å². The van der Waals surface area contributed by atoms with Gasteiger partial charge in [0.05, 0.1) is 0 Å². The van der Waals surface area contributed by atoms with Crippen molar-refractivity contribution < 1.29 is 9.13 Å². The second-order valence-electron chi connectivity index (χ2n) is 10.9. The standard InChI is InChI=1S/2C18H15OP.C6H5.3CHNS.Sn/c2*19-20(16-10-4-1-5-11-16,17-12-6-2-7-13-17)18-14-8-3-9-15-18;1-2-4-6-5-3-1;3*2-1-3;/h2*1-15H;1-5H;3*3H;/q;;;;;;+3/p-3. The van der Waals surface area contributed by atoms with Crippen LogP contribution in [0.2, 0.25) is 0 Å². The number of thiocyanates is 3. The first-order valence-electron chi connectivity index (χ1n) is 16.6. The summed E-state index contributed by atoms with van der Waals surface area (Å²) >= 11 is 12.6. The van der Waals surface area contributed by atoms with Crippen LogP contribution in [0.5, 0.6) is 0 Å². The Morgan fingerprint density at radius 1 is 0.321 bits per heavy atom. The van der Waals surface area contributed by atoms with Gasteiger partial charge < -0.3 is 47.0 Å². The number of rotatable bonds is 6. The van der Waals surface area contributed by atoms with Crippen molar-refractivity contribution in [3.05, 3.63) is 212 Å². The summed E-state index contributed by atoms with van der Waals surface area (Å²) in [5, 5.41) is 30.6. The van der Waals surface area contributed by atoms with E-state index in [1.165, 1.54) is 42.3 Å². The second kappa shape index (κ2) is 27.5. The van der Waals surface area contributed by atoms with Crippen molar-refractivity contribution in [3.63, 3.8) is 0 Å². The summed E-state index contributed by atoms with van der Waals surface area (Å²) in [6, 6.07) is 68.7. The van der Waals surface area contributed by atoms with Crippen LogP contribution in [0, 0.1) is 32.0 Å². The van der Waals surface area contributed by atoms with Gasteiger partial charge in [-0.15, -0.1) is 0 Å². The van der Waals surface area contributed by atoms with Crippen molar-refractivity contribution in [2.75, 3.05) is 0 Å². The molecule has 5 nitrogen and oxygen atoms in total. The summed E-state index contributed by atoms with van der Waals surface area (Å²) in [7, 11) is -5.55. The number of hydrogen-bond donors (Lipinski definition) is 0. The van der Waals surface area contributed by atoms with E-state index in [0.717, 1.165) is 31.8 Å². The van der Waals surface area contributed by atoms with E-state index in [0.29, 0.717) is 0 Å². The molecule has 0 atom stereocenters. The zero-order valence-corrected chi connectivity index (χ0v) is 37.1. The Balaban J connectivity index is 0.000000281. The van der Waals surface area contributed by atoms with E-state index in [2.05, 4.69) is 62.2 Å². The molecule has 0 aliphatic rings. The Morgan fingerprint density at radius 3 is 0.554 bits per heavy atom. The molecule has 0 aromatic heterocycles. The van der Waals surface area contributed by atoms with Gasteiger partial charge in [-0.2, -0.15) is 0 Å². The summed E-state index contributed by atoms with van der Waals surface area (Å²) < 4.78 is 29.0. The maximum atomic E-state index is 13.8. The van der Waals surface area contributed by atoms with Gasteiger partial charge in [-0.05, 0) is 0 Å². The molecular weight excluding hydrogens is 891 g/mol. The van der Waals surface area contributed by atoms with Crippen molar-refractivity contribution in [2.45, 2.75) is 0 Å². The van der Waals surface area contributed by atoms with E-state index >= 15 is 0 Å². The molecule has 0 heterocycles. The molecule has 0 fully saturated rings. The van der Waals surface area contributed by atoms with E-state index in [9.17, 15) is 9.13 Å². The first-order chi connectivity index (χ1) is 27.3. The monoisotopic (exact) mass is 927 g/mol. The molecule has 7 aromatic carbocycles. The molecule has 56 heavy (non-hydrogen) atoms. The third-order valence-electron chi connectivity index (χ3n) is 7.49. The molecule has 0 amide bonds. The molecule has 0 bridgehead atoms. The van der Waals surface area contributed by atoms with E-state index in [1.54, 1.807) is 0 Å². The summed E-state index contributed by atoms with van der Waals surface area (Å²) in [5.74, 6) is 0. The van der Waals surface area contributed by atoms with Crippen LogP contribution in [0.3, 0.4) is 0 Å². The number of hydrogen-bond acceptors (Lipinski definition) is 8. The van der Waals surface area contributed by atoms with Gasteiger partial charge in [0.1, 0.15) is 0 Å². The normalized spacial score (nSPS) is 9.48. The third kappa shape index (κ3) is 14.9. The van der Waals surface area contributed by atoms with Crippen LogP contribution in [-0.2, 0) is 47.0 Å². The molecule has 0 unspecified atom stereocenters. The fraction of sp³-hybridized carbons (Fsp3) is 0. The summed E-state index contributed by atoms with van der Waals surface area (Å²) in [6.07, 6.45) is 0. The SMILES string of the molecule is N#C[S-].N#C[S-].N#C[S-].O=P(c1ccccc1)(c1ccccc1)c1ccccc1.O=P(c1ccccc1)(c1ccccc1)c1ccccc1.[Sn+3][c]1ccccc1. The molecule has 274 valence electrons. The van der Waals surface area contributed by atoms with Crippen LogP contribution in [0.25, 0.3) is 0 Å². The van der Waals surface area contributed by atoms with Crippen molar-refractivity contribution in [1.82, 2.24) is 0 Å². The predicted molar refractivity (Wildman–Crippen MR) is 242 cm³/mol. The Kier molecular flexibility index (Phi) is 23.1. The van der Waals surface area contributed by atoms with E-state index in [1.807, 2.05) is 188 Å². The Labute approximate surface area is 360 Å². The van der Waals surface area contributed by atoms with Crippen LogP contribution < -0.4 is 35.4 Å². The Morgan fingerprint density at radius 2 is 0.446 bits per heavy atom. The topological polar surface area (TPSA) is 106 Å². The quantitative estimate of drug-likeness (QED) is 0.0749. The van der Waals surface area contributed by atoms with Crippen LogP contribution in [0.4, 0.5) is 0 Å². The molecule has 0 saturated carbocycles. The minimum atomic E-state index is -2.78. The van der Waals surface area contributed by atoms with E-state index in [-0.39, 0.29) is 0 Å². The first-order valence-corrected chi connectivity index (χ1v) is 22.7. The molecule has 0 saturated heterocycles. The van der Waals surface area contributed by atoms with Gasteiger partial charge in [-0.3, -0.25) is 0 Å². The molecule has 0 aliphatic heterocycles. The Bertz CT molecular complexity index is 1960. The number of benzene rings is 7. The summed E-state index contributed by atoms with van der Waals surface area (Å²) in [5.41, 5.74) is 0. The molecule has 0 N–H and O–H groups in total. The van der Waals surface area contributed by atoms with Crippen molar-refractivity contribution in [2.24, 2.45) is 0 Å². The maximum absolute atomic E-state index is 13.8. The van der Waals surface area contributed by atoms with Crippen LogP contribution in [-0.4, -0.2) is 22.5 Å². The van der Waals surface area contributed by atoms with Gasteiger partial charge in [0, 0.05) is 31.8 Å². The Hall–Kier alpha value is -5.07. The van der Waals surface area contributed by atoms with Crippen molar-refractivity contribution in [1.29, 1.82) is 15.8 Å². The number of nitrogens with zero attached hydrogens (tertiary/aromatic N) is 3. The van der Waals surface area contributed by atoms with Crippen molar-refractivity contribution >= 4 is 110 Å². The average molecular weight is 927 g/mol. The van der Waals surface area contributed by atoms with Crippen LogP contribution >= 0.6 is 14.3 Å². The van der Waals surface area contributed by atoms with Gasteiger partial charge >= 0.3 is 56.4 Å². The molecule has 11 heteroatoms. The fourth-order valence-electron chi connectivity index (χ4n) is 5.16. The van der Waals surface area contributed by atoms with E-state index < -0.39 is 14.3 Å². The zero-order valence-electron chi connectivity index (χ0n) is 30.0. The predicted octanol–water partition coefficient (Wildman–Crippen LogP) is 7.18. The molecule has 0 radical (unpaired) electrons. The van der Waals surface area contributed by atoms with Gasteiger partial charge in [-0.1, -0.05) is 198 Å². The number of nitriles is 3. The van der Waals surface area contributed by atoms with E-state index in [4.69, 9.17) is 15.8 Å². The van der Waals surface area contributed by atoms with Gasteiger partial charge in [0.2, 0.25) is 0 Å². The fourth-order valence-corrected chi connectivity index (χ4v) is 11.1. The molecule has 7 aromatic rings. The van der Waals surface area contributed by atoms with Gasteiger partial charge in [-0.25, -0.2) is 15.8 Å². The molecule has 0 spiro atoms. The van der Waals surface area contributed by atoms with Gasteiger partial charge in [0.15, 0.2) is 14.3 Å². The second-order valence-corrected chi connectivity index (χ2v) is 18.6. The minimum absolute atomic E-state index is 0.873. The summed E-state index contributed by atoms with van der Waals surface area (Å²) in [6.45, 7) is 0. The molecular formula is C45H35N3O2P2S3Sn. The van der Waals surface area contributed by atoms with Crippen molar-refractivity contribution in [3.8, 4) is 16.2 Å². The summed E-state index contributed by atoms with van der Waals surface area (Å²) in [4.78, 5) is 0. The molecule has 7 rings (SSSR count).